The Morgan fingerprint density at radius 2 is 2.04 bits per heavy atom. The van der Waals surface area contributed by atoms with Crippen LogP contribution in [0.1, 0.15) is 5.56 Å². The number of nitro benzene ring substituents is 1. The molecule has 1 aromatic heterocycles. The molecular weight excluding hydrogens is 302 g/mol. The van der Waals surface area contributed by atoms with Gasteiger partial charge in [0.2, 0.25) is 5.91 Å². The molecule has 0 aliphatic heterocycles. The number of carbonyl (C=O) groups excluding carboxylic acids is 1. The van der Waals surface area contributed by atoms with Crippen molar-refractivity contribution in [1.29, 1.82) is 0 Å². The smallest absolute Gasteiger partial charge is 0.408 e. The molecule has 0 unspecified atom stereocenters. The molecule has 0 bridgehead atoms. The molecule has 1 amide bonds. The number of hydrogen-bond donors (Lipinski definition) is 2. The normalized spacial score (nSPS) is 10.6. The standard InChI is InChI=1S/C15H11N3O5/c19-14(7-9-3-1-2-4-12(9)18(21)22)16-10-5-6-13-11(8-10)17-15(20)23-13/h1-6,8H,7H2,(H,16,19)(H,17,20). The second kappa shape index (κ2) is 5.76. The van der Waals surface area contributed by atoms with E-state index in [9.17, 15) is 19.7 Å². The van der Waals surface area contributed by atoms with Crippen molar-refractivity contribution in [3.05, 3.63) is 68.7 Å². The van der Waals surface area contributed by atoms with Gasteiger partial charge in [-0.3, -0.25) is 19.9 Å². The Balaban J connectivity index is 1.78. The monoisotopic (exact) mass is 313 g/mol. The van der Waals surface area contributed by atoms with Crippen molar-refractivity contribution in [2.75, 3.05) is 5.32 Å². The molecule has 8 heteroatoms. The Labute approximate surface area is 128 Å². The molecule has 0 saturated carbocycles. The summed E-state index contributed by atoms with van der Waals surface area (Å²) in [6.45, 7) is 0. The third-order valence-corrected chi connectivity index (χ3v) is 3.24. The van der Waals surface area contributed by atoms with Gasteiger partial charge in [-0.15, -0.1) is 0 Å². The molecular formula is C15H11N3O5. The van der Waals surface area contributed by atoms with Gasteiger partial charge in [0.05, 0.1) is 16.9 Å². The van der Waals surface area contributed by atoms with E-state index in [2.05, 4.69) is 10.3 Å². The predicted octanol–water partition coefficient (Wildman–Crippen LogP) is 2.21. The highest BCUT2D eigenvalue weighted by Crippen LogP contribution is 2.20. The predicted molar refractivity (Wildman–Crippen MR) is 82.3 cm³/mol. The summed E-state index contributed by atoms with van der Waals surface area (Å²) in [6, 6.07) is 10.8. The molecule has 3 aromatic rings. The van der Waals surface area contributed by atoms with E-state index in [1.807, 2.05) is 0 Å². The maximum absolute atomic E-state index is 12.1. The van der Waals surface area contributed by atoms with Gasteiger partial charge < -0.3 is 9.73 Å². The van der Waals surface area contributed by atoms with E-state index < -0.39 is 16.6 Å². The van der Waals surface area contributed by atoms with Gasteiger partial charge in [-0.2, -0.15) is 0 Å². The molecule has 0 spiro atoms. The first kappa shape index (κ1) is 14.5. The number of nitrogens with one attached hydrogen (secondary N) is 2. The van der Waals surface area contributed by atoms with E-state index in [1.54, 1.807) is 30.3 Å². The highest BCUT2D eigenvalue weighted by molar-refractivity contribution is 5.94. The van der Waals surface area contributed by atoms with Gasteiger partial charge in [0.25, 0.3) is 5.69 Å². The Bertz CT molecular complexity index is 957. The number of oxazole rings is 1. The molecule has 23 heavy (non-hydrogen) atoms. The van der Waals surface area contributed by atoms with Gasteiger partial charge >= 0.3 is 5.76 Å². The molecule has 8 nitrogen and oxygen atoms in total. The summed E-state index contributed by atoms with van der Waals surface area (Å²) in [5.41, 5.74) is 1.52. The van der Waals surface area contributed by atoms with Crippen molar-refractivity contribution >= 4 is 28.4 Å². The van der Waals surface area contributed by atoms with Crippen molar-refractivity contribution in [1.82, 2.24) is 4.98 Å². The van der Waals surface area contributed by atoms with Crippen molar-refractivity contribution in [2.24, 2.45) is 0 Å². The molecule has 116 valence electrons. The third kappa shape index (κ3) is 3.10. The van der Waals surface area contributed by atoms with Crippen molar-refractivity contribution in [3.63, 3.8) is 0 Å². The Morgan fingerprint density at radius 3 is 2.83 bits per heavy atom. The maximum atomic E-state index is 12.1. The van der Waals surface area contributed by atoms with Crippen LogP contribution in [-0.4, -0.2) is 15.8 Å². The van der Waals surface area contributed by atoms with E-state index in [1.165, 1.54) is 12.1 Å². The third-order valence-electron chi connectivity index (χ3n) is 3.24. The van der Waals surface area contributed by atoms with Crippen LogP contribution >= 0.6 is 0 Å². The first-order valence-electron chi connectivity index (χ1n) is 6.68. The summed E-state index contributed by atoms with van der Waals surface area (Å²) in [5, 5.41) is 13.6. The SMILES string of the molecule is O=C(Cc1ccccc1[N+](=O)[O-])Nc1ccc2oc(=O)[nH]c2c1. The van der Waals surface area contributed by atoms with Crippen LogP contribution in [0.15, 0.2) is 51.7 Å². The summed E-state index contributed by atoms with van der Waals surface area (Å²) in [4.78, 5) is 36.1. The molecule has 2 aromatic carbocycles. The minimum absolute atomic E-state index is 0.0998. The minimum Gasteiger partial charge on any atom is -0.408 e. The summed E-state index contributed by atoms with van der Waals surface area (Å²) >= 11 is 0. The number of aromatic nitrogens is 1. The van der Waals surface area contributed by atoms with Crippen molar-refractivity contribution in [2.45, 2.75) is 6.42 Å². The van der Waals surface area contributed by atoms with E-state index in [0.29, 0.717) is 22.4 Å². The van der Waals surface area contributed by atoms with Crippen LogP contribution < -0.4 is 11.1 Å². The number of fused-ring (bicyclic) bond motifs is 1. The first-order valence-corrected chi connectivity index (χ1v) is 6.68. The number of H-pyrrole nitrogens is 1. The fourth-order valence-electron chi connectivity index (χ4n) is 2.25. The van der Waals surface area contributed by atoms with Gasteiger partial charge in [0.1, 0.15) is 0 Å². The molecule has 0 saturated heterocycles. The van der Waals surface area contributed by atoms with Crippen molar-refractivity contribution < 1.29 is 14.1 Å². The van der Waals surface area contributed by atoms with Crippen LogP contribution in [0.2, 0.25) is 0 Å². The molecule has 0 radical (unpaired) electrons. The topological polar surface area (TPSA) is 118 Å². The van der Waals surface area contributed by atoms with E-state index in [4.69, 9.17) is 4.42 Å². The van der Waals surface area contributed by atoms with Gasteiger partial charge in [-0.05, 0) is 18.2 Å². The molecule has 3 rings (SSSR count). The number of para-hydroxylation sites is 1. The number of rotatable bonds is 4. The molecule has 2 N–H and O–H groups in total. The number of anilines is 1. The summed E-state index contributed by atoms with van der Waals surface area (Å²) in [6.07, 6.45) is -0.128. The average molecular weight is 313 g/mol. The Morgan fingerprint density at radius 1 is 1.26 bits per heavy atom. The van der Waals surface area contributed by atoms with Crippen LogP contribution in [0.5, 0.6) is 0 Å². The van der Waals surface area contributed by atoms with Crippen LogP contribution in [0.25, 0.3) is 11.1 Å². The highest BCUT2D eigenvalue weighted by atomic mass is 16.6. The lowest BCUT2D eigenvalue weighted by molar-refractivity contribution is -0.385. The van der Waals surface area contributed by atoms with Crippen LogP contribution in [0.4, 0.5) is 11.4 Å². The summed E-state index contributed by atoms with van der Waals surface area (Å²) in [5.74, 6) is -0.979. The molecule has 0 fully saturated rings. The minimum atomic E-state index is -0.580. The lowest BCUT2D eigenvalue weighted by Gasteiger charge is -2.05. The lowest BCUT2D eigenvalue weighted by atomic mass is 10.1. The lowest BCUT2D eigenvalue weighted by Crippen LogP contribution is -2.15. The van der Waals surface area contributed by atoms with Gasteiger partial charge in [0, 0.05) is 17.3 Å². The van der Waals surface area contributed by atoms with E-state index >= 15 is 0 Å². The van der Waals surface area contributed by atoms with Crippen molar-refractivity contribution in [3.8, 4) is 0 Å². The van der Waals surface area contributed by atoms with E-state index in [-0.39, 0.29) is 12.1 Å². The molecule has 1 heterocycles. The number of amides is 1. The molecule has 0 atom stereocenters. The zero-order chi connectivity index (χ0) is 16.4. The van der Waals surface area contributed by atoms with Crippen LogP contribution in [0.3, 0.4) is 0 Å². The highest BCUT2D eigenvalue weighted by Gasteiger charge is 2.15. The zero-order valence-electron chi connectivity index (χ0n) is 11.7. The zero-order valence-corrected chi connectivity index (χ0v) is 11.7. The number of aromatic amines is 1. The fraction of sp³-hybridized carbons (Fsp3) is 0.0667. The van der Waals surface area contributed by atoms with Gasteiger partial charge in [0.15, 0.2) is 5.58 Å². The van der Waals surface area contributed by atoms with Gasteiger partial charge in [-0.1, -0.05) is 18.2 Å². The average Bonchev–Trinajstić information content (AvgIpc) is 2.86. The largest absolute Gasteiger partial charge is 0.417 e. The summed E-state index contributed by atoms with van der Waals surface area (Å²) < 4.78 is 4.87. The van der Waals surface area contributed by atoms with Gasteiger partial charge in [-0.25, -0.2) is 4.79 Å². The molecule has 0 aliphatic rings. The number of carbonyl (C=O) groups is 1. The fourth-order valence-corrected chi connectivity index (χ4v) is 2.25. The number of hydrogen-bond acceptors (Lipinski definition) is 5. The first-order chi connectivity index (χ1) is 11.0. The van der Waals surface area contributed by atoms with E-state index in [0.717, 1.165) is 0 Å². The molecule has 0 aliphatic carbocycles. The maximum Gasteiger partial charge on any atom is 0.417 e. The number of nitrogens with zero attached hydrogens (tertiary/aromatic N) is 1. The quantitative estimate of drug-likeness (QED) is 0.565. The second-order valence-corrected chi connectivity index (χ2v) is 4.84. The Hall–Kier alpha value is -3.42. The summed E-state index contributed by atoms with van der Waals surface area (Å²) in [7, 11) is 0. The number of benzene rings is 2. The number of nitro groups is 1. The Kier molecular flexibility index (Phi) is 3.63. The second-order valence-electron chi connectivity index (χ2n) is 4.84. The van der Waals surface area contributed by atoms with Crippen LogP contribution in [0, 0.1) is 10.1 Å². The van der Waals surface area contributed by atoms with Crippen LogP contribution in [-0.2, 0) is 11.2 Å².